The van der Waals surface area contributed by atoms with Gasteiger partial charge < -0.3 is 30.4 Å². The van der Waals surface area contributed by atoms with Gasteiger partial charge in [0.2, 0.25) is 11.8 Å². The van der Waals surface area contributed by atoms with E-state index in [1.807, 2.05) is 42.7 Å². The second kappa shape index (κ2) is 15.0. The summed E-state index contributed by atoms with van der Waals surface area (Å²) in [4.78, 5) is 43.0. The monoisotopic (exact) mass is 607 g/mol. The van der Waals surface area contributed by atoms with Crippen molar-refractivity contribution in [1.29, 1.82) is 5.26 Å². The van der Waals surface area contributed by atoms with Gasteiger partial charge in [0.05, 0.1) is 24.0 Å². The first-order valence-corrected chi connectivity index (χ1v) is 16.2. The highest BCUT2D eigenvalue weighted by Gasteiger charge is 2.54. The van der Waals surface area contributed by atoms with Crippen molar-refractivity contribution in [1.82, 2.24) is 14.8 Å². The molecule has 3 atom stereocenters. The molecule has 0 radical (unpaired) electrons. The van der Waals surface area contributed by atoms with E-state index in [9.17, 15) is 24.8 Å². The van der Waals surface area contributed by atoms with Gasteiger partial charge in [-0.25, -0.2) is 4.79 Å². The fraction of sp³-hybridized carbons (Fsp3) is 0.647. The fourth-order valence-corrected chi connectivity index (χ4v) is 7.60. The number of hydrogen-bond acceptors (Lipinski definition) is 6. The van der Waals surface area contributed by atoms with E-state index >= 15 is 0 Å². The molecule has 0 bridgehead atoms. The standard InChI is InChI=1S/C34H49N5O5/c1-23(2)21-25(22-35)37-31(40)27-11-6-7-15-34(27,33(36)43)29-26-10-4-5-12-28(26)39(30(29)32(41)42)16-8-9-24-13-17-38(18-14-24)19-20-44-3/h4-5,10,12,23-25,27H,6-9,11,13-21H2,1-3H3,(H2,36,43)(H,37,40)(H,41,42)/t25-,27-,34-/m0/s1. The molecule has 1 saturated carbocycles. The zero-order chi connectivity index (χ0) is 31.9. The number of hydrogen-bond donors (Lipinski definition) is 3. The molecular formula is C34H49N5O5. The number of aromatic nitrogens is 1. The number of aryl methyl sites for hydroxylation is 1. The first kappa shape index (κ1) is 33.5. The molecule has 1 aliphatic carbocycles. The molecule has 4 rings (SSSR count). The van der Waals surface area contributed by atoms with Crippen LogP contribution < -0.4 is 11.1 Å². The highest BCUT2D eigenvalue weighted by atomic mass is 16.5. The van der Waals surface area contributed by atoms with Crippen LogP contribution in [-0.4, -0.2) is 71.7 Å². The zero-order valence-corrected chi connectivity index (χ0v) is 26.5. The van der Waals surface area contributed by atoms with Crippen molar-refractivity contribution in [3.8, 4) is 6.07 Å². The SMILES string of the molecule is COCCN1CCC(CCCn2c(C(=O)O)c([C@]3(C(N)=O)CCCC[C@H]3C(=O)N[C@H](C#N)CC(C)C)c3ccccc32)CC1. The number of ether oxygens (including phenoxy) is 1. The summed E-state index contributed by atoms with van der Waals surface area (Å²) in [5.41, 5.74) is 5.83. The Morgan fingerprint density at radius 2 is 1.89 bits per heavy atom. The molecule has 2 fully saturated rings. The molecule has 4 N–H and O–H groups in total. The third-order valence-corrected chi connectivity index (χ3v) is 9.78. The lowest BCUT2D eigenvalue weighted by molar-refractivity contribution is -0.137. The van der Waals surface area contributed by atoms with Crippen LogP contribution in [0.25, 0.3) is 10.9 Å². The van der Waals surface area contributed by atoms with Crippen molar-refractivity contribution in [2.24, 2.45) is 23.5 Å². The molecule has 2 heterocycles. The van der Waals surface area contributed by atoms with Crippen LogP contribution in [0.5, 0.6) is 0 Å². The molecule has 2 aromatic rings. The van der Waals surface area contributed by atoms with Gasteiger partial charge in [-0.2, -0.15) is 5.26 Å². The quantitative estimate of drug-likeness (QED) is 0.287. The van der Waals surface area contributed by atoms with Crippen molar-refractivity contribution in [3.63, 3.8) is 0 Å². The second-order valence-corrected chi connectivity index (χ2v) is 13.1. The van der Waals surface area contributed by atoms with Gasteiger partial charge in [-0.3, -0.25) is 9.59 Å². The maximum absolute atomic E-state index is 13.9. The molecule has 10 heteroatoms. The van der Waals surface area contributed by atoms with Crippen LogP contribution in [0, 0.1) is 29.1 Å². The van der Waals surface area contributed by atoms with E-state index in [0.29, 0.717) is 49.1 Å². The summed E-state index contributed by atoms with van der Waals surface area (Å²) in [6, 6.07) is 8.90. The number of carboxylic acid groups (broad SMARTS) is 1. The van der Waals surface area contributed by atoms with E-state index < -0.39 is 35.2 Å². The van der Waals surface area contributed by atoms with E-state index in [1.54, 1.807) is 7.11 Å². The summed E-state index contributed by atoms with van der Waals surface area (Å²) in [6.45, 7) is 8.20. The van der Waals surface area contributed by atoms with E-state index in [0.717, 1.165) is 57.4 Å². The third-order valence-electron chi connectivity index (χ3n) is 9.78. The molecule has 1 aromatic carbocycles. The minimum atomic E-state index is -1.51. The number of benzene rings is 1. The Balaban J connectivity index is 1.68. The first-order chi connectivity index (χ1) is 21.1. The Kier molecular flexibility index (Phi) is 11.4. The molecular weight excluding hydrogens is 558 g/mol. The van der Waals surface area contributed by atoms with Crippen LogP contribution in [-0.2, 0) is 26.3 Å². The number of aromatic carboxylic acids is 1. The minimum Gasteiger partial charge on any atom is -0.477 e. The van der Waals surface area contributed by atoms with Crippen molar-refractivity contribution < 1.29 is 24.2 Å². The predicted octanol–water partition coefficient (Wildman–Crippen LogP) is 4.45. The number of para-hydroxylation sites is 1. The highest BCUT2D eigenvalue weighted by molar-refractivity contribution is 6.06. The summed E-state index contributed by atoms with van der Waals surface area (Å²) < 4.78 is 7.04. The molecule has 2 amide bonds. The van der Waals surface area contributed by atoms with E-state index in [-0.39, 0.29) is 18.0 Å². The zero-order valence-electron chi connectivity index (χ0n) is 26.5. The van der Waals surface area contributed by atoms with Gasteiger partial charge in [0.1, 0.15) is 11.7 Å². The summed E-state index contributed by atoms with van der Waals surface area (Å²) >= 11 is 0. The van der Waals surface area contributed by atoms with E-state index in [4.69, 9.17) is 10.5 Å². The maximum atomic E-state index is 13.9. The van der Waals surface area contributed by atoms with Gasteiger partial charge in [0.15, 0.2) is 0 Å². The third kappa shape index (κ3) is 7.10. The average molecular weight is 608 g/mol. The van der Waals surface area contributed by atoms with Gasteiger partial charge in [-0.05, 0) is 75.9 Å². The van der Waals surface area contributed by atoms with Gasteiger partial charge in [0, 0.05) is 36.7 Å². The number of nitrogens with one attached hydrogen (secondary N) is 1. The summed E-state index contributed by atoms with van der Waals surface area (Å²) in [7, 11) is 1.72. The highest BCUT2D eigenvalue weighted by Crippen LogP contribution is 2.49. The van der Waals surface area contributed by atoms with Gasteiger partial charge >= 0.3 is 5.97 Å². The number of carbonyl (C=O) groups excluding carboxylic acids is 2. The summed E-state index contributed by atoms with van der Waals surface area (Å²) in [5, 5.41) is 23.9. The Morgan fingerprint density at radius 3 is 2.52 bits per heavy atom. The number of primary amides is 1. The first-order valence-electron chi connectivity index (χ1n) is 16.2. The number of piperidine rings is 1. The Morgan fingerprint density at radius 1 is 1.16 bits per heavy atom. The van der Waals surface area contributed by atoms with Crippen LogP contribution in [0.4, 0.5) is 0 Å². The van der Waals surface area contributed by atoms with Crippen LogP contribution in [0.15, 0.2) is 24.3 Å². The summed E-state index contributed by atoms with van der Waals surface area (Å²) in [6.07, 6.45) is 6.48. The number of carboxylic acids is 1. The number of fused-ring (bicyclic) bond motifs is 1. The van der Waals surface area contributed by atoms with Crippen molar-refractivity contribution in [2.45, 2.75) is 89.6 Å². The minimum absolute atomic E-state index is 0.0399. The molecule has 1 aromatic heterocycles. The molecule has 0 spiro atoms. The molecule has 240 valence electrons. The van der Waals surface area contributed by atoms with Crippen molar-refractivity contribution >= 4 is 28.7 Å². The van der Waals surface area contributed by atoms with Crippen LogP contribution >= 0.6 is 0 Å². The predicted molar refractivity (Wildman–Crippen MR) is 169 cm³/mol. The number of nitriles is 1. The summed E-state index contributed by atoms with van der Waals surface area (Å²) in [5.74, 6) is -2.36. The van der Waals surface area contributed by atoms with Gasteiger partial charge in [-0.1, -0.05) is 44.9 Å². The van der Waals surface area contributed by atoms with Gasteiger partial charge in [-0.15, -0.1) is 0 Å². The lowest BCUT2D eigenvalue weighted by Crippen LogP contribution is -2.56. The Hall–Kier alpha value is -3.42. The van der Waals surface area contributed by atoms with Crippen LogP contribution in [0.2, 0.25) is 0 Å². The molecule has 10 nitrogen and oxygen atoms in total. The van der Waals surface area contributed by atoms with Gasteiger partial charge in [0.25, 0.3) is 0 Å². The Bertz CT molecular complexity index is 1360. The number of nitrogens with zero attached hydrogens (tertiary/aromatic N) is 3. The molecule has 1 aliphatic heterocycles. The largest absolute Gasteiger partial charge is 0.477 e. The molecule has 1 saturated heterocycles. The second-order valence-electron chi connectivity index (χ2n) is 13.1. The van der Waals surface area contributed by atoms with E-state index in [1.165, 1.54) is 0 Å². The average Bonchev–Trinajstić information content (AvgIpc) is 3.34. The molecule has 44 heavy (non-hydrogen) atoms. The number of likely N-dealkylation sites (tertiary alicyclic amines) is 1. The molecule has 2 aliphatic rings. The smallest absolute Gasteiger partial charge is 0.352 e. The molecule has 0 unspecified atom stereocenters. The number of carbonyl (C=O) groups is 3. The van der Waals surface area contributed by atoms with Crippen LogP contribution in [0.3, 0.4) is 0 Å². The number of methoxy groups -OCH3 is 1. The number of amides is 2. The van der Waals surface area contributed by atoms with E-state index in [2.05, 4.69) is 16.3 Å². The number of rotatable bonds is 14. The lowest BCUT2D eigenvalue weighted by Gasteiger charge is -2.41. The lowest BCUT2D eigenvalue weighted by atomic mass is 9.60. The van der Waals surface area contributed by atoms with Crippen LogP contribution in [0.1, 0.15) is 87.7 Å². The maximum Gasteiger partial charge on any atom is 0.352 e. The normalized spacial score (nSPS) is 22.1. The Labute approximate surface area is 260 Å². The van der Waals surface area contributed by atoms with Crippen molar-refractivity contribution in [2.75, 3.05) is 33.4 Å². The fourth-order valence-electron chi connectivity index (χ4n) is 7.60. The topological polar surface area (TPSA) is 151 Å². The van der Waals surface area contributed by atoms with Crippen molar-refractivity contribution in [3.05, 3.63) is 35.5 Å². The number of nitrogens with two attached hydrogens (primary N) is 1.